The first-order valence-electron chi connectivity index (χ1n) is 8.38. The molecule has 0 fully saturated rings. The summed E-state index contributed by atoms with van der Waals surface area (Å²) in [7, 11) is 0. The van der Waals surface area contributed by atoms with Gasteiger partial charge in [-0.25, -0.2) is 9.78 Å². The zero-order chi connectivity index (χ0) is 17.8. The van der Waals surface area contributed by atoms with E-state index in [0.717, 1.165) is 36.5 Å². The van der Waals surface area contributed by atoms with Crippen LogP contribution in [0.15, 0.2) is 42.5 Å². The van der Waals surface area contributed by atoms with Crippen LogP contribution in [0.1, 0.15) is 19.4 Å². The quantitative estimate of drug-likeness (QED) is 0.720. The van der Waals surface area contributed by atoms with Crippen molar-refractivity contribution < 1.29 is 9.53 Å². The fraction of sp³-hybridized carbons (Fsp3) is 0.263. The molecule has 1 heterocycles. The minimum absolute atomic E-state index is 0.354. The molecule has 0 aliphatic rings. The van der Waals surface area contributed by atoms with Crippen molar-refractivity contribution >= 4 is 17.1 Å². The molecule has 3 N–H and O–H groups in total. The maximum atomic E-state index is 11.1. The van der Waals surface area contributed by atoms with Crippen molar-refractivity contribution in [2.24, 2.45) is 5.73 Å². The molecule has 1 amide bonds. The third kappa shape index (κ3) is 3.80. The van der Waals surface area contributed by atoms with Crippen molar-refractivity contribution in [3.8, 4) is 17.1 Å². The van der Waals surface area contributed by atoms with Crippen LogP contribution in [0.25, 0.3) is 22.4 Å². The highest BCUT2D eigenvalue weighted by Crippen LogP contribution is 2.27. The Labute approximate surface area is 146 Å². The zero-order valence-corrected chi connectivity index (χ0v) is 14.5. The van der Waals surface area contributed by atoms with Crippen molar-refractivity contribution in [3.63, 3.8) is 0 Å². The van der Waals surface area contributed by atoms with Gasteiger partial charge in [0, 0.05) is 12.1 Å². The van der Waals surface area contributed by atoms with Gasteiger partial charge in [-0.2, -0.15) is 0 Å². The van der Waals surface area contributed by atoms with Gasteiger partial charge in [-0.1, -0.05) is 38.1 Å². The number of hydrogen-bond acceptors (Lipinski definition) is 4. The number of fused-ring (bicyclic) bond motifs is 1. The molecule has 6 nitrogen and oxygen atoms in total. The van der Waals surface area contributed by atoms with E-state index in [4.69, 9.17) is 10.5 Å². The Bertz CT molecular complexity index is 884. The molecule has 0 aliphatic carbocycles. The van der Waals surface area contributed by atoms with Gasteiger partial charge in [-0.3, -0.25) is 4.90 Å². The summed E-state index contributed by atoms with van der Waals surface area (Å²) in [5.41, 5.74) is 8.73. The molecule has 0 radical (unpaired) electrons. The molecule has 3 rings (SSSR count). The number of aromatic amines is 1. The highest BCUT2D eigenvalue weighted by molar-refractivity contribution is 5.87. The molecule has 0 atom stereocenters. The Kier molecular flexibility index (Phi) is 5.00. The molecule has 0 unspecified atom stereocenters. The van der Waals surface area contributed by atoms with Gasteiger partial charge < -0.3 is 15.5 Å². The van der Waals surface area contributed by atoms with Gasteiger partial charge >= 0.3 is 6.09 Å². The van der Waals surface area contributed by atoms with E-state index in [1.807, 2.05) is 18.2 Å². The summed E-state index contributed by atoms with van der Waals surface area (Å²) >= 11 is 0. The van der Waals surface area contributed by atoms with Crippen LogP contribution < -0.4 is 10.5 Å². The van der Waals surface area contributed by atoms with E-state index in [0.29, 0.717) is 11.3 Å². The molecular formula is C19H22N4O2. The molecule has 2 aromatic carbocycles. The Morgan fingerprint density at radius 3 is 2.68 bits per heavy atom. The van der Waals surface area contributed by atoms with Crippen LogP contribution >= 0.6 is 0 Å². The van der Waals surface area contributed by atoms with Gasteiger partial charge in [0.05, 0.1) is 5.52 Å². The first-order chi connectivity index (χ1) is 12.1. The van der Waals surface area contributed by atoms with E-state index >= 15 is 0 Å². The van der Waals surface area contributed by atoms with Gasteiger partial charge in [-0.05, 0) is 36.9 Å². The summed E-state index contributed by atoms with van der Waals surface area (Å²) in [6.45, 7) is 7.25. The molecule has 0 bridgehead atoms. The molecule has 6 heteroatoms. The second-order valence-corrected chi connectivity index (χ2v) is 5.82. The van der Waals surface area contributed by atoms with Crippen LogP contribution in [0.4, 0.5) is 4.79 Å². The largest absolute Gasteiger partial charge is 0.410 e. The number of H-pyrrole nitrogens is 1. The van der Waals surface area contributed by atoms with Gasteiger partial charge in [0.1, 0.15) is 11.3 Å². The lowest BCUT2D eigenvalue weighted by Gasteiger charge is -2.18. The highest BCUT2D eigenvalue weighted by atomic mass is 16.5. The predicted molar refractivity (Wildman–Crippen MR) is 98.4 cm³/mol. The SMILES string of the molecule is CCN(CC)Cc1cccc(-c2nc3c(OC(N)=O)cccc3[nH]2)c1. The number of carbonyl (C=O) groups excluding carboxylic acids is 1. The van der Waals surface area contributed by atoms with E-state index < -0.39 is 6.09 Å². The molecule has 130 valence electrons. The number of para-hydroxylation sites is 1. The van der Waals surface area contributed by atoms with E-state index in [1.165, 1.54) is 5.56 Å². The normalized spacial score (nSPS) is 11.2. The van der Waals surface area contributed by atoms with Crippen LogP contribution in [-0.2, 0) is 6.54 Å². The van der Waals surface area contributed by atoms with E-state index in [2.05, 4.69) is 40.8 Å². The summed E-state index contributed by atoms with van der Waals surface area (Å²) in [4.78, 5) is 21.3. The Balaban J connectivity index is 1.95. The molecule has 0 saturated heterocycles. The fourth-order valence-corrected chi connectivity index (χ4v) is 2.86. The molecule has 0 saturated carbocycles. The van der Waals surface area contributed by atoms with Crippen molar-refractivity contribution in [1.29, 1.82) is 0 Å². The second-order valence-electron chi connectivity index (χ2n) is 5.82. The summed E-state index contributed by atoms with van der Waals surface area (Å²) in [6, 6.07) is 13.6. The van der Waals surface area contributed by atoms with E-state index in [9.17, 15) is 4.79 Å². The number of nitrogens with one attached hydrogen (secondary N) is 1. The lowest BCUT2D eigenvalue weighted by Crippen LogP contribution is -2.22. The number of nitrogens with zero attached hydrogens (tertiary/aromatic N) is 2. The number of primary amides is 1. The first kappa shape index (κ1) is 17.0. The van der Waals surface area contributed by atoms with Gasteiger partial charge in [0.15, 0.2) is 5.75 Å². The number of amides is 1. The van der Waals surface area contributed by atoms with E-state index in [-0.39, 0.29) is 0 Å². The number of aromatic nitrogens is 2. The minimum atomic E-state index is -0.849. The van der Waals surface area contributed by atoms with Gasteiger partial charge in [-0.15, -0.1) is 0 Å². The Hall–Kier alpha value is -2.86. The van der Waals surface area contributed by atoms with Crippen molar-refractivity contribution in [1.82, 2.24) is 14.9 Å². The number of benzene rings is 2. The van der Waals surface area contributed by atoms with Crippen molar-refractivity contribution in [2.45, 2.75) is 20.4 Å². The van der Waals surface area contributed by atoms with Crippen molar-refractivity contribution in [2.75, 3.05) is 13.1 Å². The molecule has 25 heavy (non-hydrogen) atoms. The topological polar surface area (TPSA) is 84.2 Å². The maximum Gasteiger partial charge on any atom is 0.410 e. The number of carbonyl (C=O) groups is 1. The summed E-state index contributed by atoms with van der Waals surface area (Å²) in [5.74, 6) is 1.09. The van der Waals surface area contributed by atoms with Gasteiger partial charge in [0.25, 0.3) is 0 Å². The van der Waals surface area contributed by atoms with Crippen LogP contribution in [0, 0.1) is 0 Å². The zero-order valence-electron chi connectivity index (χ0n) is 14.5. The molecule has 3 aromatic rings. The lowest BCUT2D eigenvalue weighted by atomic mass is 10.1. The smallest absolute Gasteiger partial charge is 0.408 e. The van der Waals surface area contributed by atoms with Crippen LogP contribution in [0.3, 0.4) is 0 Å². The lowest BCUT2D eigenvalue weighted by molar-refractivity contribution is 0.211. The van der Waals surface area contributed by atoms with Crippen LogP contribution in [0.5, 0.6) is 5.75 Å². The average Bonchev–Trinajstić information content (AvgIpc) is 3.05. The third-order valence-corrected chi connectivity index (χ3v) is 4.19. The van der Waals surface area contributed by atoms with E-state index in [1.54, 1.807) is 12.1 Å². The molecular weight excluding hydrogens is 316 g/mol. The second kappa shape index (κ2) is 7.36. The Morgan fingerprint density at radius 1 is 1.20 bits per heavy atom. The van der Waals surface area contributed by atoms with Crippen molar-refractivity contribution in [3.05, 3.63) is 48.0 Å². The number of rotatable bonds is 6. The standard InChI is InChI=1S/C19H22N4O2/c1-3-23(4-2)12-13-7-5-8-14(11-13)18-21-15-9-6-10-16(17(15)22-18)25-19(20)24/h5-11H,3-4,12H2,1-2H3,(H2,20,24)(H,21,22). The first-order valence-corrected chi connectivity index (χ1v) is 8.38. The van der Waals surface area contributed by atoms with Crippen LogP contribution in [-0.4, -0.2) is 34.1 Å². The molecule has 0 spiro atoms. The summed E-state index contributed by atoms with van der Waals surface area (Å²) < 4.78 is 5.03. The minimum Gasteiger partial charge on any atom is -0.408 e. The van der Waals surface area contributed by atoms with Crippen LogP contribution in [0.2, 0.25) is 0 Å². The number of ether oxygens (including phenoxy) is 1. The highest BCUT2D eigenvalue weighted by Gasteiger charge is 2.12. The average molecular weight is 338 g/mol. The van der Waals surface area contributed by atoms with Gasteiger partial charge in [0.2, 0.25) is 0 Å². The summed E-state index contributed by atoms with van der Waals surface area (Å²) in [5, 5.41) is 0. The fourth-order valence-electron chi connectivity index (χ4n) is 2.86. The number of imidazole rings is 1. The Morgan fingerprint density at radius 2 is 1.96 bits per heavy atom. The monoisotopic (exact) mass is 338 g/mol. The number of nitrogens with two attached hydrogens (primary N) is 1. The third-order valence-electron chi connectivity index (χ3n) is 4.19. The summed E-state index contributed by atoms with van der Waals surface area (Å²) in [6.07, 6.45) is -0.849. The maximum absolute atomic E-state index is 11.1. The molecule has 1 aromatic heterocycles. The molecule has 0 aliphatic heterocycles. The number of hydrogen-bond donors (Lipinski definition) is 2. The predicted octanol–water partition coefficient (Wildman–Crippen LogP) is 3.53.